The minimum atomic E-state index is -5.12. The molecule has 4 aromatic rings. The van der Waals surface area contributed by atoms with Gasteiger partial charge in [-0.05, 0) is 0 Å². The molecule has 0 radical (unpaired) electrons. The molecule has 0 aromatic heterocycles. The van der Waals surface area contributed by atoms with Crippen LogP contribution in [0.2, 0.25) is 0 Å². The molecule has 34 heavy (non-hydrogen) atoms. The molecular formula is C31H24Cl2Zr. The van der Waals surface area contributed by atoms with E-state index >= 15 is 0 Å². The summed E-state index contributed by atoms with van der Waals surface area (Å²) in [7, 11) is 16.7. The molecule has 0 amide bonds. The molecule has 3 heteroatoms. The molecule has 2 aliphatic rings. The van der Waals surface area contributed by atoms with Crippen LogP contribution >= 0.6 is 17.0 Å². The predicted octanol–water partition coefficient (Wildman–Crippen LogP) is 8.87. The van der Waals surface area contributed by atoms with Crippen LogP contribution in [0.15, 0.2) is 131 Å². The Balaban J connectivity index is 1.84. The van der Waals surface area contributed by atoms with Crippen LogP contribution in [0.3, 0.4) is 0 Å². The monoisotopic (exact) mass is 556 g/mol. The van der Waals surface area contributed by atoms with Crippen molar-refractivity contribution in [2.75, 3.05) is 0 Å². The second kappa shape index (κ2) is 8.42. The average Bonchev–Trinajstić information content (AvgIpc) is 3.54. The molecular weight excluding hydrogens is 534 g/mol. The zero-order valence-electron chi connectivity index (χ0n) is 18.7. The van der Waals surface area contributed by atoms with Crippen molar-refractivity contribution < 1.29 is 15.9 Å². The third-order valence-electron chi connectivity index (χ3n) is 7.28. The van der Waals surface area contributed by atoms with Gasteiger partial charge in [-0.15, -0.1) is 0 Å². The molecule has 0 spiro atoms. The molecule has 6 rings (SSSR count). The minimum absolute atomic E-state index is 0.0706. The summed E-state index contributed by atoms with van der Waals surface area (Å²) in [5.41, 5.74) is 7.21. The molecule has 0 nitrogen and oxygen atoms in total. The van der Waals surface area contributed by atoms with Gasteiger partial charge in [-0.1, -0.05) is 0 Å². The van der Waals surface area contributed by atoms with Crippen molar-refractivity contribution in [3.8, 4) is 11.1 Å². The SMILES string of the molecule is [Cl][Zr]([Cl])([C]1=CC=CC1)(=[C](c1ccccc1)c1ccccc1)[CH]1c2ccccc2-c2ccccc21. The van der Waals surface area contributed by atoms with Crippen LogP contribution < -0.4 is 0 Å². The zero-order chi connectivity index (χ0) is 23.2. The molecule has 0 saturated heterocycles. The van der Waals surface area contributed by atoms with E-state index in [9.17, 15) is 0 Å². The molecule has 0 saturated carbocycles. The van der Waals surface area contributed by atoms with Gasteiger partial charge in [-0.2, -0.15) is 0 Å². The summed E-state index contributed by atoms with van der Waals surface area (Å²) in [6.45, 7) is 0. The van der Waals surface area contributed by atoms with Crippen molar-refractivity contribution in [1.29, 1.82) is 0 Å². The zero-order valence-corrected chi connectivity index (χ0v) is 22.6. The second-order valence-corrected chi connectivity index (χ2v) is 29.1. The van der Waals surface area contributed by atoms with Crippen molar-refractivity contribution in [3.63, 3.8) is 0 Å². The van der Waals surface area contributed by atoms with Gasteiger partial charge in [0, 0.05) is 0 Å². The Morgan fingerprint density at radius 3 is 1.56 bits per heavy atom. The van der Waals surface area contributed by atoms with Crippen LogP contribution in [-0.4, -0.2) is 3.21 Å². The van der Waals surface area contributed by atoms with E-state index in [0.29, 0.717) is 0 Å². The van der Waals surface area contributed by atoms with Crippen molar-refractivity contribution in [1.82, 2.24) is 0 Å². The Labute approximate surface area is 208 Å². The molecule has 0 atom stereocenters. The first kappa shape index (κ1) is 22.2. The Bertz CT molecular complexity index is 1440. The fourth-order valence-electron chi connectivity index (χ4n) is 5.88. The molecule has 0 unspecified atom stereocenters. The van der Waals surface area contributed by atoms with Crippen LogP contribution in [-0.2, 0) is 15.9 Å². The van der Waals surface area contributed by atoms with E-state index in [2.05, 4.69) is 127 Å². The van der Waals surface area contributed by atoms with E-state index in [4.69, 9.17) is 17.0 Å². The fraction of sp³-hybridized carbons (Fsp3) is 0.0645. The Kier molecular flexibility index (Phi) is 5.49. The molecule has 2 aliphatic carbocycles. The van der Waals surface area contributed by atoms with Gasteiger partial charge >= 0.3 is 210 Å². The first-order valence-electron chi connectivity index (χ1n) is 11.7. The van der Waals surface area contributed by atoms with Gasteiger partial charge in [0.15, 0.2) is 0 Å². The van der Waals surface area contributed by atoms with Crippen LogP contribution in [0, 0.1) is 0 Å². The molecule has 0 bridgehead atoms. The Morgan fingerprint density at radius 1 is 0.618 bits per heavy atom. The van der Waals surface area contributed by atoms with Crippen LogP contribution in [0.4, 0.5) is 0 Å². The van der Waals surface area contributed by atoms with Gasteiger partial charge < -0.3 is 0 Å². The summed E-state index contributed by atoms with van der Waals surface area (Å²) >= 11 is -5.12. The number of allylic oxidation sites excluding steroid dienone is 4. The topological polar surface area (TPSA) is 0 Å². The second-order valence-electron chi connectivity index (χ2n) is 9.12. The third kappa shape index (κ3) is 3.25. The van der Waals surface area contributed by atoms with E-state index in [1.54, 1.807) is 0 Å². The van der Waals surface area contributed by atoms with Crippen molar-refractivity contribution in [2.24, 2.45) is 0 Å². The van der Waals surface area contributed by atoms with E-state index in [1.165, 1.54) is 25.5 Å². The summed E-state index contributed by atoms with van der Waals surface area (Å²) in [4.78, 5) is 0. The van der Waals surface area contributed by atoms with Gasteiger partial charge in [0.25, 0.3) is 0 Å². The number of fused-ring (bicyclic) bond motifs is 3. The first-order valence-corrected chi connectivity index (χ1v) is 21.9. The maximum absolute atomic E-state index is 8.33. The van der Waals surface area contributed by atoms with Crippen molar-refractivity contribution in [2.45, 2.75) is 10.0 Å². The summed E-state index contributed by atoms with van der Waals surface area (Å²) in [5.74, 6) is 0. The van der Waals surface area contributed by atoms with E-state index in [-0.39, 0.29) is 3.63 Å². The first-order chi connectivity index (χ1) is 16.6. The van der Waals surface area contributed by atoms with E-state index in [1.807, 2.05) is 0 Å². The summed E-state index contributed by atoms with van der Waals surface area (Å²) in [6, 6.07) is 38.4. The standard InChI is InChI=1S/C13H9.C13H10.C5H5.2ClH.Zr/c1-3-7-12-10(5-1)9-11-6-2-4-8-13(11)12;1-3-7-12(8-4-1)11-13-9-5-2-6-10-13;1-2-4-5-3-1;;;/h1-9H;1-10H;1-3H,4H2;2*1H;/q;;;;;+2/p-2. The number of benzene rings is 4. The number of halogens is 2. The van der Waals surface area contributed by atoms with Gasteiger partial charge in [0.2, 0.25) is 0 Å². The number of rotatable bonds is 4. The molecule has 0 aliphatic heterocycles. The Hall–Kier alpha value is -2.31. The molecule has 0 heterocycles. The normalized spacial score (nSPS) is 15.1. The van der Waals surface area contributed by atoms with Crippen LogP contribution in [0.1, 0.15) is 32.3 Å². The third-order valence-corrected chi connectivity index (χ3v) is 26.5. The van der Waals surface area contributed by atoms with Crippen LogP contribution in [0.5, 0.6) is 0 Å². The average molecular weight is 559 g/mol. The quantitative estimate of drug-likeness (QED) is 0.235. The summed E-state index contributed by atoms with van der Waals surface area (Å²) in [6.07, 6.45) is 7.30. The molecule has 166 valence electrons. The van der Waals surface area contributed by atoms with Gasteiger partial charge in [-0.3, -0.25) is 0 Å². The summed E-state index contributed by atoms with van der Waals surface area (Å²) in [5, 5.41) is 0. The number of hydrogen-bond acceptors (Lipinski definition) is 0. The van der Waals surface area contributed by atoms with E-state index in [0.717, 1.165) is 20.8 Å². The molecule has 4 aromatic carbocycles. The van der Waals surface area contributed by atoms with Gasteiger partial charge in [-0.25, -0.2) is 0 Å². The van der Waals surface area contributed by atoms with E-state index < -0.39 is 15.9 Å². The van der Waals surface area contributed by atoms with Crippen molar-refractivity contribution in [3.05, 3.63) is 153 Å². The summed E-state index contributed by atoms with van der Waals surface area (Å²) < 4.78 is 2.25. The maximum atomic E-state index is 8.33. The van der Waals surface area contributed by atoms with Gasteiger partial charge in [0.05, 0.1) is 0 Å². The fourth-order valence-corrected chi connectivity index (χ4v) is 24.9. The predicted molar refractivity (Wildman–Crippen MR) is 143 cm³/mol. The van der Waals surface area contributed by atoms with Crippen molar-refractivity contribution >= 4 is 20.2 Å². The molecule has 0 fully saturated rings. The van der Waals surface area contributed by atoms with Gasteiger partial charge in [0.1, 0.15) is 0 Å². The number of hydrogen-bond donors (Lipinski definition) is 0. The van der Waals surface area contributed by atoms with Crippen LogP contribution in [0.25, 0.3) is 11.1 Å². The molecule has 0 N–H and O–H groups in total. The Morgan fingerprint density at radius 2 is 1.09 bits per heavy atom.